The van der Waals surface area contributed by atoms with Crippen molar-refractivity contribution < 1.29 is 61.3 Å². The molecule has 0 amide bonds. The normalized spacial score (nSPS) is 11.5. The molecule has 0 fully saturated rings. The number of carboxylic acid groups (broad SMARTS) is 1. The Balaban J connectivity index is 0. The van der Waals surface area contributed by atoms with Gasteiger partial charge in [0, 0.05) is 6.54 Å². The van der Waals surface area contributed by atoms with Crippen molar-refractivity contribution in [1.29, 1.82) is 0 Å². The van der Waals surface area contributed by atoms with Gasteiger partial charge in [-0.3, -0.25) is 4.90 Å². The maximum atomic E-state index is 11.0. The van der Waals surface area contributed by atoms with Crippen molar-refractivity contribution in [2.75, 3.05) is 19.6 Å². The molecule has 0 aromatic heterocycles. The minimum atomic E-state index is -0.951. The first-order valence-electron chi connectivity index (χ1n) is 11.4. The van der Waals surface area contributed by atoms with Crippen LogP contribution in [0.4, 0.5) is 0 Å². The molecule has 0 saturated heterocycles. The van der Waals surface area contributed by atoms with Gasteiger partial charge in [-0.15, -0.1) is 0 Å². The molecule has 0 heterocycles. The zero-order valence-corrected chi connectivity index (χ0v) is 22.2. The second-order valence-electron chi connectivity index (χ2n) is 7.57. The Labute approximate surface area is 217 Å². The Morgan fingerprint density at radius 1 is 0.679 bits per heavy atom. The van der Waals surface area contributed by atoms with Gasteiger partial charge in [-0.05, 0) is 64.5 Å². The van der Waals surface area contributed by atoms with Crippen molar-refractivity contribution in [3.8, 4) is 0 Å². The van der Waals surface area contributed by atoms with E-state index >= 15 is 0 Å². The summed E-state index contributed by atoms with van der Waals surface area (Å²) >= 11 is 0. The maximum absolute atomic E-state index is 11.0. The molecule has 0 bridgehead atoms. The summed E-state index contributed by atoms with van der Waals surface area (Å²) in [6.45, 7) is 6.28. The van der Waals surface area contributed by atoms with Gasteiger partial charge in [-0.1, -0.05) is 76.7 Å². The standard InChI is InChI=1S/C24H45NO2.K/c1-3-5-7-9-11-13-15-17-19-21-25(23-24(26)27)22-20-18-16-14-12-10-8-6-4-2;/h9-12H,3-8,13-23H2,1-2H3,(H,26,27);/q;+1/p-1/b11-9+,12-10+;. The van der Waals surface area contributed by atoms with Crippen LogP contribution in [0.15, 0.2) is 24.3 Å². The fourth-order valence-corrected chi connectivity index (χ4v) is 3.12. The van der Waals surface area contributed by atoms with E-state index in [0.29, 0.717) is 0 Å². The SMILES string of the molecule is CCCC/C=C/CCCCCN(CCCCC/C=C/CCCC)CC(=O)[O-].[K+]. The van der Waals surface area contributed by atoms with Crippen molar-refractivity contribution in [1.82, 2.24) is 4.90 Å². The molecule has 0 rings (SSSR count). The van der Waals surface area contributed by atoms with Crippen LogP contribution in [0.1, 0.15) is 104 Å². The van der Waals surface area contributed by atoms with E-state index in [4.69, 9.17) is 0 Å². The molecule has 0 aromatic carbocycles. The summed E-state index contributed by atoms with van der Waals surface area (Å²) < 4.78 is 0. The molecule has 0 aliphatic rings. The third-order valence-corrected chi connectivity index (χ3v) is 4.82. The number of hydrogen-bond donors (Lipinski definition) is 0. The molecule has 0 atom stereocenters. The predicted octanol–water partition coefficient (Wildman–Crippen LogP) is 2.66. The second-order valence-corrected chi connectivity index (χ2v) is 7.57. The molecule has 0 spiro atoms. The Bertz CT molecular complexity index is 355. The van der Waals surface area contributed by atoms with E-state index in [2.05, 4.69) is 43.1 Å². The van der Waals surface area contributed by atoms with Gasteiger partial charge in [-0.25, -0.2) is 0 Å². The average Bonchev–Trinajstić information content (AvgIpc) is 2.64. The summed E-state index contributed by atoms with van der Waals surface area (Å²) in [7, 11) is 0. The second kappa shape index (κ2) is 25.6. The molecule has 0 aromatic rings. The minimum Gasteiger partial charge on any atom is -0.549 e. The molecule has 4 heteroatoms. The van der Waals surface area contributed by atoms with Crippen LogP contribution >= 0.6 is 0 Å². The van der Waals surface area contributed by atoms with Gasteiger partial charge < -0.3 is 9.90 Å². The molecule has 0 radical (unpaired) electrons. The van der Waals surface area contributed by atoms with E-state index < -0.39 is 5.97 Å². The first-order valence-corrected chi connectivity index (χ1v) is 11.4. The fourth-order valence-electron chi connectivity index (χ4n) is 3.12. The third-order valence-electron chi connectivity index (χ3n) is 4.82. The van der Waals surface area contributed by atoms with Crippen molar-refractivity contribution >= 4 is 5.97 Å². The van der Waals surface area contributed by atoms with E-state index in [1.165, 1.54) is 64.2 Å². The van der Waals surface area contributed by atoms with E-state index in [9.17, 15) is 9.90 Å². The van der Waals surface area contributed by atoms with Crippen molar-refractivity contribution in [2.45, 2.75) is 104 Å². The van der Waals surface area contributed by atoms with Gasteiger partial charge in [0.1, 0.15) is 0 Å². The largest absolute Gasteiger partial charge is 1.00 e. The molecule has 0 N–H and O–H groups in total. The molecule has 0 aliphatic carbocycles. The maximum Gasteiger partial charge on any atom is 1.00 e. The number of hydrogen-bond acceptors (Lipinski definition) is 3. The summed E-state index contributed by atoms with van der Waals surface area (Å²) in [5.74, 6) is -0.951. The van der Waals surface area contributed by atoms with Gasteiger partial charge in [0.2, 0.25) is 0 Å². The summed E-state index contributed by atoms with van der Waals surface area (Å²) in [4.78, 5) is 13.0. The van der Waals surface area contributed by atoms with Gasteiger partial charge in [0.15, 0.2) is 0 Å². The van der Waals surface area contributed by atoms with Crippen LogP contribution in [-0.2, 0) is 4.79 Å². The van der Waals surface area contributed by atoms with Crippen molar-refractivity contribution in [2.24, 2.45) is 0 Å². The monoisotopic (exact) mass is 417 g/mol. The van der Waals surface area contributed by atoms with Gasteiger partial charge in [0.05, 0.1) is 5.97 Å². The van der Waals surface area contributed by atoms with E-state index in [1.54, 1.807) is 0 Å². The Morgan fingerprint density at radius 2 is 1.07 bits per heavy atom. The third kappa shape index (κ3) is 24.6. The molecule has 158 valence electrons. The Morgan fingerprint density at radius 3 is 1.43 bits per heavy atom. The number of carboxylic acids is 1. The quantitative estimate of drug-likeness (QED) is 0.174. The smallest absolute Gasteiger partial charge is 0.549 e. The molecule has 0 saturated carbocycles. The molecule has 0 unspecified atom stereocenters. The Hall–Kier alpha value is 0.546. The minimum absolute atomic E-state index is 0. The number of carbonyl (C=O) groups is 1. The van der Waals surface area contributed by atoms with E-state index in [1.807, 2.05) is 0 Å². The Kier molecular flexibility index (Phi) is 28.1. The van der Waals surface area contributed by atoms with Gasteiger partial charge >= 0.3 is 51.4 Å². The fraction of sp³-hybridized carbons (Fsp3) is 0.792. The van der Waals surface area contributed by atoms with Crippen LogP contribution in [0.3, 0.4) is 0 Å². The zero-order chi connectivity index (χ0) is 20.0. The number of nitrogens with zero attached hydrogens (tertiary/aromatic N) is 1. The number of carbonyl (C=O) groups excluding carboxylic acids is 1. The number of rotatable bonds is 20. The van der Waals surface area contributed by atoms with Crippen molar-refractivity contribution in [3.63, 3.8) is 0 Å². The topological polar surface area (TPSA) is 43.4 Å². The average molecular weight is 418 g/mol. The molecular formula is C24H44KNO2. The van der Waals surface area contributed by atoms with Crippen LogP contribution in [-0.4, -0.2) is 30.5 Å². The van der Waals surface area contributed by atoms with Crippen LogP contribution in [0.5, 0.6) is 0 Å². The van der Waals surface area contributed by atoms with Gasteiger partial charge in [-0.2, -0.15) is 0 Å². The van der Waals surface area contributed by atoms with E-state index in [-0.39, 0.29) is 57.9 Å². The van der Waals surface area contributed by atoms with Crippen LogP contribution in [0, 0.1) is 0 Å². The summed E-state index contributed by atoms with van der Waals surface area (Å²) in [5.41, 5.74) is 0. The van der Waals surface area contributed by atoms with Crippen LogP contribution < -0.4 is 56.5 Å². The zero-order valence-electron chi connectivity index (χ0n) is 19.1. The first-order chi connectivity index (χ1) is 13.2. The molecule has 28 heavy (non-hydrogen) atoms. The molecule has 3 nitrogen and oxygen atoms in total. The first kappa shape index (κ1) is 30.7. The van der Waals surface area contributed by atoms with Crippen LogP contribution in [0.25, 0.3) is 0 Å². The number of allylic oxidation sites excluding steroid dienone is 4. The number of unbranched alkanes of at least 4 members (excludes halogenated alkanes) is 10. The van der Waals surface area contributed by atoms with Crippen molar-refractivity contribution in [3.05, 3.63) is 24.3 Å². The van der Waals surface area contributed by atoms with E-state index in [0.717, 1.165) is 38.8 Å². The molecule has 0 aliphatic heterocycles. The summed E-state index contributed by atoms with van der Waals surface area (Å²) in [6.07, 6.45) is 25.9. The summed E-state index contributed by atoms with van der Waals surface area (Å²) in [5, 5.41) is 11.0. The molecular weight excluding hydrogens is 373 g/mol. The number of aliphatic carboxylic acids is 1. The summed E-state index contributed by atoms with van der Waals surface area (Å²) in [6, 6.07) is 0. The predicted molar refractivity (Wildman–Crippen MR) is 116 cm³/mol. The van der Waals surface area contributed by atoms with Crippen LogP contribution in [0.2, 0.25) is 0 Å². The van der Waals surface area contributed by atoms with Gasteiger partial charge in [0.25, 0.3) is 0 Å².